The van der Waals surface area contributed by atoms with Gasteiger partial charge in [-0.3, -0.25) is 4.79 Å². The van der Waals surface area contributed by atoms with Gasteiger partial charge in [0.2, 0.25) is 15.9 Å². The molecular weight excluding hydrogens is 468 g/mol. The zero-order valence-corrected chi connectivity index (χ0v) is 21.0. The van der Waals surface area contributed by atoms with Gasteiger partial charge in [0, 0.05) is 44.3 Å². The van der Waals surface area contributed by atoms with Crippen LogP contribution < -0.4 is 10.2 Å². The molecule has 9 nitrogen and oxygen atoms in total. The smallest absolute Gasteiger partial charge is 0.340 e. The first-order valence-electron chi connectivity index (χ1n) is 11.5. The molecule has 0 radical (unpaired) electrons. The van der Waals surface area contributed by atoms with E-state index in [9.17, 15) is 18.0 Å². The maximum Gasteiger partial charge on any atom is 0.340 e. The Balaban J connectivity index is 1.63. The van der Waals surface area contributed by atoms with Crippen molar-refractivity contribution >= 4 is 44.2 Å². The molecule has 2 heterocycles. The number of ether oxygens (including phenoxy) is 1. The van der Waals surface area contributed by atoms with Crippen LogP contribution in [0, 0.1) is 0 Å². The minimum atomic E-state index is -3.65. The summed E-state index contributed by atoms with van der Waals surface area (Å²) in [6.07, 6.45) is 4.31. The topological polar surface area (TPSA) is 101 Å². The van der Waals surface area contributed by atoms with E-state index in [0.717, 1.165) is 24.8 Å². The van der Waals surface area contributed by atoms with E-state index in [4.69, 9.17) is 4.74 Å². The van der Waals surface area contributed by atoms with Crippen molar-refractivity contribution in [1.29, 1.82) is 0 Å². The average molecular weight is 499 g/mol. The van der Waals surface area contributed by atoms with Crippen LogP contribution in [0.25, 0.3) is 10.9 Å². The fourth-order valence-electron chi connectivity index (χ4n) is 4.41. The van der Waals surface area contributed by atoms with Crippen LogP contribution in [0.1, 0.15) is 29.6 Å². The predicted octanol–water partition coefficient (Wildman–Crippen LogP) is 3.31. The molecule has 0 bridgehead atoms. The summed E-state index contributed by atoms with van der Waals surface area (Å²) in [5.74, 6) is -0.830. The lowest BCUT2D eigenvalue weighted by Gasteiger charge is -2.26. The summed E-state index contributed by atoms with van der Waals surface area (Å²) in [5.41, 5.74) is 2.18. The normalized spacial score (nSPS) is 14.6. The molecule has 2 aromatic carbocycles. The Labute approximate surface area is 205 Å². The van der Waals surface area contributed by atoms with Crippen molar-refractivity contribution in [2.75, 3.05) is 44.5 Å². The van der Waals surface area contributed by atoms with Crippen molar-refractivity contribution in [1.82, 2.24) is 8.87 Å². The monoisotopic (exact) mass is 498 g/mol. The number of carbonyl (C=O) groups excluding carboxylic acids is 2. The second-order valence-corrected chi connectivity index (χ2v) is 10.7. The number of aromatic nitrogens is 1. The number of sulfonamides is 1. The van der Waals surface area contributed by atoms with E-state index in [0.29, 0.717) is 35.4 Å². The number of anilines is 2. The number of rotatable bonds is 7. The van der Waals surface area contributed by atoms with E-state index < -0.39 is 16.0 Å². The largest absolute Gasteiger partial charge is 0.465 e. The zero-order chi connectivity index (χ0) is 25.2. The van der Waals surface area contributed by atoms with Gasteiger partial charge in [0.05, 0.1) is 28.9 Å². The molecule has 1 N–H and O–H groups in total. The zero-order valence-electron chi connectivity index (χ0n) is 20.2. The molecule has 1 aromatic heterocycles. The van der Waals surface area contributed by atoms with Gasteiger partial charge in [0.1, 0.15) is 6.54 Å². The van der Waals surface area contributed by atoms with Crippen LogP contribution in [-0.4, -0.2) is 63.5 Å². The number of fused-ring (bicyclic) bond motifs is 1. The highest BCUT2D eigenvalue weighted by molar-refractivity contribution is 7.89. The third kappa shape index (κ3) is 5.03. The van der Waals surface area contributed by atoms with Gasteiger partial charge in [-0.05, 0) is 37.1 Å². The average Bonchev–Trinajstić information content (AvgIpc) is 3.22. The number of benzene rings is 2. The number of methoxy groups -OCH3 is 1. The van der Waals surface area contributed by atoms with Crippen LogP contribution in [0.3, 0.4) is 0 Å². The summed E-state index contributed by atoms with van der Waals surface area (Å²) in [6.45, 7) is 0.943. The molecule has 1 aliphatic heterocycles. The van der Waals surface area contributed by atoms with E-state index in [1.54, 1.807) is 29.0 Å². The van der Waals surface area contributed by atoms with Gasteiger partial charge in [-0.25, -0.2) is 13.2 Å². The van der Waals surface area contributed by atoms with Gasteiger partial charge >= 0.3 is 5.97 Å². The molecule has 0 unspecified atom stereocenters. The number of nitrogens with one attached hydrogen (secondary N) is 1. The first kappa shape index (κ1) is 24.7. The number of esters is 1. The van der Waals surface area contributed by atoms with Gasteiger partial charge in [0.25, 0.3) is 0 Å². The van der Waals surface area contributed by atoms with Crippen LogP contribution in [0.2, 0.25) is 0 Å². The van der Waals surface area contributed by atoms with Crippen molar-refractivity contribution in [3.05, 3.63) is 54.2 Å². The van der Waals surface area contributed by atoms with Crippen LogP contribution in [-0.2, 0) is 26.1 Å². The number of nitrogens with zero attached hydrogens (tertiary/aromatic N) is 3. The summed E-state index contributed by atoms with van der Waals surface area (Å²) in [5, 5.41) is 3.56. The molecule has 186 valence electrons. The Kier molecular flexibility index (Phi) is 7.13. The number of carbonyl (C=O) groups is 2. The lowest BCUT2D eigenvalue weighted by Crippen LogP contribution is -2.35. The van der Waals surface area contributed by atoms with E-state index in [1.165, 1.54) is 17.5 Å². The highest BCUT2D eigenvalue weighted by Gasteiger charge is 2.27. The highest BCUT2D eigenvalue weighted by atomic mass is 32.2. The quantitative estimate of drug-likeness (QED) is 0.502. The number of piperidine rings is 1. The molecular formula is C25H30N4O5S. The summed E-state index contributed by atoms with van der Waals surface area (Å²) >= 11 is 0. The van der Waals surface area contributed by atoms with E-state index >= 15 is 0 Å². The van der Waals surface area contributed by atoms with Crippen LogP contribution in [0.5, 0.6) is 0 Å². The molecule has 35 heavy (non-hydrogen) atoms. The molecule has 0 spiro atoms. The first-order chi connectivity index (χ1) is 16.7. The van der Waals surface area contributed by atoms with Gasteiger partial charge in [0.15, 0.2) is 0 Å². The van der Waals surface area contributed by atoms with Crippen LogP contribution in [0.15, 0.2) is 53.6 Å². The molecule has 0 saturated carbocycles. The molecule has 0 aliphatic carbocycles. The minimum Gasteiger partial charge on any atom is -0.465 e. The SMILES string of the molecule is COC(=O)c1cn(CC(=O)Nc2cc(S(=O)(=O)N3CCCCC3)ccc2N(C)C)c2ccccc12. The van der Waals surface area contributed by atoms with Gasteiger partial charge in [-0.1, -0.05) is 24.6 Å². The van der Waals surface area contributed by atoms with Crippen molar-refractivity contribution in [2.24, 2.45) is 0 Å². The first-order valence-corrected chi connectivity index (χ1v) is 12.9. The van der Waals surface area contributed by atoms with Gasteiger partial charge < -0.3 is 19.5 Å². The fraction of sp³-hybridized carbons (Fsp3) is 0.360. The third-order valence-corrected chi connectivity index (χ3v) is 8.08. The molecule has 1 aliphatic rings. The van der Waals surface area contributed by atoms with E-state index in [1.807, 2.05) is 37.2 Å². The maximum atomic E-state index is 13.2. The van der Waals surface area contributed by atoms with Gasteiger partial charge in [-0.2, -0.15) is 4.31 Å². The molecule has 1 amide bonds. The standard InChI is InChI=1S/C25H30N4O5S/c1-27(2)23-12-11-18(35(32,33)29-13-7-4-8-14-29)15-21(23)26-24(30)17-28-16-20(25(31)34-3)19-9-5-6-10-22(19)28/h5-6,9-12,15-16H,4,7-8,13-14,17H2,1-3H3,(H,26,30). The highest BCUT2D eigenvalue weighted by Crippen LogP contribution is 2.30. The lowest BCUT2D eigenvalue weighted by atomic mass is 10.2. The number of amides is 1. The Morgan fingerprint density at radius 3 is 2.46 bits per heavy atom. The van der Waals surface area contributed by atoms with E-state index in [2.05, 4.69) is 5.32 Å². The second-order valence-electron chi connectivity index (χ2n) is 8.77. The Morgan fingerprint density at radius 1 is 1.06 bits per heavy atom. The minimum absolute atomic E-state index is 0.0620. The summed E-state index contributed by atoms with van der Waals surface area (Å²) in [4.78, 5) is 27.2. The number of para-hydroxylation sites is 1. The lowest BCUT2D eigenvalue weighted by molar-refractivity contribution is -0.116. The number of hydrogen-bond acceptors (Lipinski definition) is 6. The summed E-state index contributed by atoms with van der Waals surface area (Å²) < 4.78 is 34.4. The van der Waals surface area contributed by atoms with Crippen LogP contribution in [0.4, 0.5) is 11.4 Å². The van der Waals surface area contributed by atoms with Crippen molar-refractivity contribution in [2.45, 2.75) is 30.7 Å². The van der Waals surface area contributed by atoms with Crippen molar-refractivity contribution < 1.29 is 22.7 Å². The predicted molar refractivity (Wildman–Crippen MR) is 135 cm³/mol. The van der Waals surface area contributed by atoms with Gasteiger partial charge in [-0.15, -0.1) is 0 Å². The maximum absolute atomic E-state index is 13.2. The molecule has 1 saturated heterocycles. The summed E-state index contributed by atoms with van der Waals surface area (Å²) in [6, 6.07) is 12.1. The summed E-state index contributed by atoms with van der Waals surface area (Å²) in [7, 11) is 1.31. The molecule has 3 aromatic rings. The Bertz CT molecular complexity index is 1360. The van der Waals surface area contributed by atoms with E-state index in [-0.39, 0.29) is 17.3 Å². The fourth-order valence-corrected chi connectivity index (χ4v) is 5.96. The van der Waals surface area contributed by atoms with Crippen LogP contribution >= 0.6 is 0 Å². The Morgan fingerprint density at radius 2 is 1.77 bits per heavy atom. The van der Waals surface area contributed by atoms with Crippen molar-refractivity contribution in [3.8, 4) is 0 Å². The number of hydrogen-bond donors (Lipinski definition) is 1. The second kappa shape index (κ2) is 10.1. The van der Waals surface area contributed by atoms with Crippen molar-refractivity contribution in [3.63, 3.8) is 0 Å². The molecule has 10 heteroatoms. The molecule has 0 atom stereocenters. The molecule has 4 rings (SSSR count). The Hall–Kier alpha value is -3.37. The molecule has 1 fully saturated rings. The third-order valence-electron chi connectivity index (χ3n) is 6.18.